The first-order valence-corrected chi connectivity index (χ1v) is 14.5. The van der Waals surface area contributed by atoms with Gasteiger partial charge in [-0.2, -0.15) is 0 Å². The van der Waals surface area contributed by atoms with Gasteiger partial charge in [-0.05, 0) is 55.9 Å². The Hall–Kier alpha value is -3.73. The Bertz CT molecular complexity index is 1390. The minimum atomic E-state index is -0.524. The van der Waals surface area contributed by atoms with E-state index in [1.54, 1.807) is 25.2 Å². The molecule has 10 heteroatoms. The van der Waals surface area contributed by atoms with Crippen LogP contribution in [0.15, 0.2) is 60.5 Å². The number of ether oxygens (including phenoxy) is 1. The van der Waals surface area contributed by atoms with Crippen LogP contribution in [-0.4, -0.2) is 44.0 Å². The number of hydrogen-bond donors (Lipinski definition) is 2. The quantitative estimate of drug-likeness (QED) is 0.251. The Morgan fingerprint density at radius 3 is 2.73 bits per heavy atom. The maximum atomic E-state index is 12.5. The number of carbonyl (C=O) groups is 1. The van der Waals surface area contributed by atoms with Crippen molar-refractivity contribution in [3.63, 3.8) is 0 Å². The van der Waals surface area contributed by atoms with Crippen molar-refractivity contribution >= 4 is 17.4 Å². The second-order valence-electron chi connectivity index (χ2n) is 9.97. The molecular weight excluding hydrogens is 522 g/mol. The van der Waals surface area contributed by atoms with Gasteiger partial charge in [-0.3, -0.25) is 9.88 Å². The third-order valence-electron chi connectivity index (χ3n) is 7.11. The standard InChI is InChI=1S/C30H35N7O2S/c1-21-29(22(2)36-20-35-21)39-30(38)34-17-23-6-3-7-24(16-23)19-37(14-12-31-18-27-32-13-15-40-27)26-10-4-8-25-9-5-11-33-28(25)26/h3,5-7,9,11,13,15-16,20,26,31H,4,8,10,12,14,17-19H2,1-2H3,(H,34,38). The van der Waals surface area contributed by atoms with Crippen LogP contribution in [0, 0.1) is 13.8 Å². The molecule has 2 N–H and O–H groups in total. The van der Waals surface area contributed by atoms with Crippen molar-refractivity contribution in [2.75, 3.05) is 13.1 Å². The number of rotatable bonds is 11. The van der Waals surface area contributed by atoms with Crippen LogP contribution < -0.4 is 15.4 Å². The van der Waals surface area contributed by atoms with Crippen LogP contribution in [0.4, 0.5) is 4.79 Å². The van der Waals surface area contributed by atoms with Crippen molar-refractivity contribution in [1.29, 1.82) is 0 Å². The van der Waals surface area contributed by atoms with Crippen molar-refractivity contribution in [1.82, 2.24) is 35.5 Å². The fourth-order valence-corrected chi connectivity index (χ4v) is 5.73. The second kappa shape index (κ2) is 13.6. The van der Waals surface area contributed by atoms with E-state index in [1.165, 1.54) is 23.1 Å². The summed E-state index contributed by atoms with van der Waals surface area (Å²) in [4.78, 5) is 32.4. The maximum Gasteiger partial charge on any atom is 0.412 e. The molecule has 0 saturated carbocycles. The second-order valence-corrected chi connectivity index (χ2v) is 10.9. The van der Waals surface area contributed by atoms with Crippen molar-refractivity contribution in [3.8, 4) is 5.75 Å². The highest BCUT2D eigenvalue weighted by molar-refractivity contribution is 7.09. The molecule has 0 saturated heterocycles. The highest BCUT2D eigenvalue weighted by atomic mass is 32.1. The number of nitrogens with one attached hydrogen (secondary N) is 2. The number of carbonyl (C=O) groups excluding carboxylic acids is 1. The zero-order valence-corrected chi connectivity index (χ0v) is 23.8. The maximum absolute atomic E-state index is 12.5. The van der Waals surface area contributed by atoms with Gasteiger partial charge < -0.3 is 15.4 Å². The van der Waals surface area contributed by atoms with Crippen LogP contribution in [0.3, 0.4) is 0 Å². The van der Waals surface area contributed by atoms with E-state index in [9.17, 15) is 4.79 Å². The van der Waals surface area contributed by atoms with E-state index in [0.717, 1.165) is 56.0 Å². The van der Waals surface area contributed by atoms with E-state index in [2.05, 4.69) is 48.7 Å². The smallest absolute Gasteiger partial charge is 0.406 e. The number of benzene rings is 1. The van der Waals surface area contributed by atoms with E-state index < -0.39 is 6.09 Å². The van der Waals surface area contributed by atoms with Gasteiger partial charge in [0.15, 0.2) is 5.75 Å². The van der Waals surface area contributed by atoms with E-state index in [1.807, 2.05) is 36.0 Å². The Morgan fingerprint density at radius 1 is 1.05 bits per heavy atom. The number of aryl methyl sites for hydroxylation is 3. The number of fused-ring (bicyclic) bond motifs is 1. The van der Waals surface area contributed by atoms with Gasteiger partial charge in [-0.15, -0.1) is 11.3 Å². The monoisotopic (exact) mass is 557 g/mol. The number of aromatic nitrogens is 4. The largest absolute Gasteiger partial charge is 0.412 e. The molecule has 0 spiro atoms. The molecular formula is C30H35N7O2S. The zero-order valence-electron chi connectivity index (χ0n) is 23.0. The lowest BCUT2D eigenvalue weighted by molar-refractivity contribution is 0.166. The summed E-state index contributed by atoms with van der Waals surface area (Å²) in [5.41, 5.74) is 6.01. The molecule has 1 amide bonds. The Labute approximate surface area is 239 Å². The summed E-state index contributed by atoms with van der Waals surface area (Å²) in [5, 5.41) is 9.52. The molecule has 1 aliphatic carbocycles. The summed E-state index contributed by atoms with van der Waals surface area (Å²) in [6, 6.07) is 12.9. The Morgan fingerprint density at radius 2 is 1.90 bits per heavy atom. The fraction of sp³-hybridized carbons (Fsp3) is 0.367. The van der Waals surface area contributed by atoms with Crippen LogP contribution in [-0.2, 0) is 26.1 Å². The van der Waals surface area contributed by atoms with Crippen LogP contribution in [0.2, 0.25) is 0 Å². The summed E-state index contributed by atoms with van der Waals surface area (Å²) in [6.45, 7) is 7.25. The van der Waals surface area contributed by atoms with Crippen molar-refractivity contribution in [2.24, 2.45) is 0 Å². The highest BCUT2D eigenvalue weighted by Gasteiger charge is 2.27. The van der Waals surface area contributed by atoms with Crippen molar-refractivity contribution in [3.05, 3.63) is 99.3 Å². The third-order valence-corrected chi connectivity index (χ3v) is 7.89. The minimum Gasteiger partial charge on any atom is -0.406 e. The topological polar surface area (TPSA) is 105 Å². The van der Waals surface area contributed by atoms with Gasteiger partial charge in [0.2, 0.25) is 0 Å². The summed E-state index contributed by atoms with van der Waals surface area (Å²) in [7, 11) is 0. The predicted molar refractivity (Wildman–Crippen MR) is 155 cm³/mol. The Kier molecular flexibility index (Phi) is 9.43. The van der Waals surface area contributed by atoms with Gasteiger partial charge >= 0.3 is 6.09 Å². The molecule has 1 aliphatic rings. The number of thiazole rings is 1. The minimum absolute atomic E-state index is 0.267. The molecule has 1 unspecified atom stereocenters. The first-order valence-electron chi connectivity index (χ1n) is 13.7. The predicted octanol–water partition coefficient (Wildman–Crippen LogP) is 4.90. The highest BCUT2D eigenvalue weighted by Crippen LogP contribution is 2.33. The fourth-order valence-electron chi connectivity index (χ4n) is 5.15. The summed E-state index contributed by atoms with van der Waals surface area (Å²) in [5.74, 6) is 0.397. The molecule has 208 valence electrons. The van der Waals surface area contributed by atoms with E-state index >= 15 is 0 Å². The molecule has 3 aromatic heterocycles. The molecule has 5 rings (SSSR count). The molecule has 0 fully saturated rings. The molecule has 0 bridgehead atoms. The lowest BCUT2D eigenvalue weighted by Gasteiger charge is -2.35. The average Bonchev–Trinajstić information content (AvgIpc) is 3.49. The van der Waals surface area contributed by atoms with Crippen LogP contribution in [0.1, 0.15) is 57.7 Å². The van der Waals surface area contributed by atoms with Gasteiger partial charge in [-0.1, -0.05) is 30.3 Å². The van der Waals surface area contributed by atoms with Gasteiger partial charge in [-0.25, -0.2) is 19.7 Å². The molecule has 1 aromatic carbocycles. The first-order chi connectivity index (χ1) is 19.6. The molecule has 1 atom stereocenters. The zero-order chi connectivity index (χ0) is 27.7. The molecule has 40 heavy (non-hydrogen) atoms. The summed E-state index contributed by atoms with van der Waals surface area (Å²) < 4.78 is 5.49. The third kappa shape index (κ3) is 7.26. The van der Waals surface area contributed by atoms with Crippen LogP contribution >= 0.6 is 11.3 Å². The molecule has 4 aromatic rings. The van der Waals surface area contributed by atoms with Crippen molar-refractivity contribution in [2.45, 2.75) is 58.8 Å². The van der Waals surface area contributed by atoms with Gasteiger partial charge in [0.25, 0.3) is 0 Å². The summed E-state index contributed by atoms with van der Waals surface area (Å²) >= 11 is 1.67. The normalized spacial score (nSPS) is 14.6. The van der Waals surface area contributed by atoms with Crippen molar-refractivity contribution < 1.29 is 9.53 Å². The number of nitrogens with zero attached hydrogens (tertiary/aromatic N) is 5. The van der Waals surface area contributed by atoms with E-state index in [4.69, 9.17) is 9.72 Å². The summed E-state index contributed by atoms with van der Waals surface area (Å²) in [6.07, 6.45) is 8.02. The lowest BCUT2D eigenvalue weighted by Crippen LogP contribution is -2.36. The molecule has 0 aliphatic heterocycles. The van der Waals surface area contributed by atoms with E-state index in [-0.39, 0.29) is 6.04 Å². The van der Waals surface area contributed by atoms with Crippen LogP contribution in [0.25, 0.3) is 0 Å². The van der Waals surface area contributed by atoms with Gasteiger partial charge in [0, 0.05) is 50.5 Å². The number of hydrogen-bond acceptors (Lipinski definition) is 9. The number of amides is 1. The first kappa shape index (κ1) is 27.8. The molecule has 9 nitrogen and oxygen atoms in total. The van der Waals surface area contributed by atoms with Crippen LogP contribution in [0.5, 0.6) is 5.75 Å². The van der Waals surface area contributed by atoms with Gasteiger partial charge in [0.05, 0.1) is 23.1 Å². The molecule has 3 heterocycles. The Balaban J connectivity index is 1.24. The number of pyridine rings is 1. The van der Waals surface area contributed by atoms with E-state index in [0.29, 0.717) is 23.7 Å². The molecule has 0 radical (unpaired) electrons. The SMILES string of the molecule is Cc1ncnc(C)c1OC(=O)NCc1cccc(CN(CCNCc2nccs2)C2CCCc3cccnc32)c1. The lowest BCUT2D eigenvalue weighted by atomic mass is 9.90. The van der Waals surface area contributed by atoms with Gasteiger partial charge in [0.1, 0.15) is 11.3 Å². The average molecular weight is 558 g/mol.